The molecule has 0 aliphatic carbocycles. The van der Waals surface area contributed by atoms with Crippen molar-refractivity contribution in [3.63, 3.8) is 0 Å². The molecule has 0 unspecified atom stereocenters. The van der Waals surface area contributed by atoms with Gasteiger partial charge in [0.05, 0.1) is 11.1 Å². The van der Waals surface area contributed by atoms with E-state index >= 15 is 0 Å². The summed E-state index contributed by atoms with van der Waals surface area (Å²) in [5.74, 6) is 0.394. The fourth-order valence-electron chi connectivity index (χ4n) is 4.61. The third-order valence-electron chi connectivity index (χ3n) is 6.25. The minimum atomic E-state index is -0.210. The van der Waals surface area contributed by atoms with Crippen molar-refractivity contribution >= 4 is 27.6 Å². The number of piperidine rings is 1. The first-order valence-corrected chi connectivity index (χ1v) is 10.4. The summed E-state index contributed by atoms with van der Waals surface area (Å²) in [7, 11) is 0. The molecule has 1 aliphatic heterocycles. The number of hydrogen-bond acceptors (Lipinski definition) is 3. The fraction of sp³-hybridized carbons (Fsp3) is 0.292. The molecule has 1 saturated heterocycles. The van der Waals surface area contributed by atoms with E-state index in [9.17, 15) is 9.59 Å². The number of rotatable bonds is 3. The second-order valence-corrected chi connectivity index (χ2v) is 8.04. The number of para-hydroxylation sites is 1. The average Bonchev–Trinajstić information content (AvgIpc) is 3.21. The van der Waals surface area contributed by atoms with E-state index in [1.54, 1.807) is 6.07 Å². The molecule has 2 aromatic carbocycles. The SMILES string of the molecule is Cc1nn(CC(=O)N2CCC(c3c[nH]c4ccccc34)CC2)c(=O)c2ccccc12. The molecule has 1 N–H and O–H groups in total. The highest BCUT2D eigenvalue weighted by Crippen LogP contribution is 2.33. The molecular formula is C24H24N4O2. The Morgan fingerprint density at radius 2 is 1.70 bits per heavy atom. The molecule has 0 bridgehead atoms. The van der Waals surface area contributed by atoms with Crippen LogP contribution >= 0.6 is 0 Å². The van der Waals surface area contributed by atoms with Crippen molar-refractivity contribution in [2.24, 2.45) is 0 Å². The smallest absolute Gasteiger partial charge is 0.275 e. The Morgan fingerprint density at radius 3 is 2.47 bits per heavy atom. The van der Waals surface area contributed by atoms with Gasteiger partial charge in [0, 0.05) is 35.6 Å². The van der Waals surface area contributed by atoms with Gasteiger partial charge in [0.15, 0.2) is 0 Å². The molecule has 3 heterocycles. The molecule has 4 aromatic rings. The van der Waals surface area contributed by atoms with Crippen LogP contribution in [-0.4, -0.2) is 38.7 Å². The van der Waals surface area contributed by atoms with Crippen molar-refractivity contribution in [2.45, 2.75) is 32.2 Å². The number of aromatic amines is 1. The lowest BCUT2D eigenvalue weighted by Gasteiger charge is -2.32. The lowest BCUT2D eigenvalue weighted by Crippen LogP contribution is -2.41. The maximum Gasteiger partial charge on any atom is 0.275 e. The van der Waals surface area contributed by atoms with Crippen LogP contribution in [0, 0.1) is 6.92 Å². The van der Waals surface area contributed by atoms with Crippen LogP contribution in [-0.2, 0) is 11.3 Å². The highest BCUT2D eigenvalue weighted by molar-refractivity contribution is 5.84. The van der Waals surface area contributed by atoms with E-state index in [0.29, 0.717) is 24.4 Å². The summed E-state index contributed by atoms with van der Waals surface area (Å²) in [6.45, 7) is 3.26. The number of H-pyrrole nitrogens is 1. The number of carbonyl (C=O) groups is 1. The molecule has 30 heavy (non-hydrogen) atoms. The van der Waals surface area contributed by atoms with Crippen molar-refractivity contribution in [2.75, 3.05) is 13.1 Å². The maximum atomic E-state index is 12.9. The molecule has 152 valence electrons. The first-order chi connectivity index (χ1) is 14.6. The highest BCUT2D eigenvalue weighted by atomic mass is 16.2. The van der Waals surface area contributed by atoms with E-state index in [1.165, 1.54) is 15.6 Å². The van der Waals surface area contributed by atoms with Crippen LogP contribution < -0.4 is 5.56 Å². The second kappa shape index (κ2) is 7.44. The molecule has 1 amide bonds. The zero-order chi connectivity index (χ0) is 20.7. The van der Waals surface area contributed by atoms with Crippen LogP contribution in [0.2, 0.25) is 0 Å². The molecule has 2 aromatic heterocycles. The van der Waals surface area contributed by atoms with Crippen LogP contribution in [0.3, 0.4) is 0 Å². The predicted molar refractivity (Wildman–Crippen MR) is 118 cm³/mol. The lowest BCUT2D eigenvalue weighted by atomic mass is 9.89. The Bertz CT molecular complexity index is 1300. The molecule has 5 rings (SSSR count). The Balaban J connectivity index is 1.30. The summed E-state index contributed by atoms with van der Waals surface area (Å²) in [5, 5.41) is 7.09. The summed E-state index contributed by atoms with van der Waals surface area (Å²) in [6.07, 6.45) is 3.95. The first-order valence-electron chi connectivity index (χ1n) is 10.4. The number of hydrogen-bond donors (Lipinski definition) is 1. The van der Waals surface area contributed by atoms with Gasteiger partial charge in [-0.25, -0.2) is 4.68 Å². The molecule has 1 fully saturated rings. The zero-order valence-corrected chi connectivity index (χ0v) is 17.0. The van der Waals surface area contributed by atoms with Gasteiger partial charge in [-0.05, 0) is 43.4 Å². The summed E-state index contributed by atoms with van der Waals surface area (Å²) < 4.78 is 1.31. The third-order valence-corrected chi connectivity index (χ3v) is 6.25. The van der Waals surface area contributed by atoms with Crippen molar-refractivity contribution in [3.8, 4) is 0 Å². The van der Waals surface area contributed by atoms with Gasteiger partial charge in [-0.15, -0.1) is 0 Å². The van der Waals surface area contributed by atoms with E-state index in [2.05, 4.69) is 34.5 Å². The van der Waals surface area contributed by atoms with E-state index in [1.807, 2.05) is 36.1 Å². The molecule has 0 atom stereocenters. The summed E-state index contributed by atoms with van der Waals surface area (Å²) >= 11 is 0. The number of carbonyl (C=O) groups excluding carboxylic acids is 1. The Morgan fingerprint density at radius 1 is 1.03 bits per heavy atom. The number of benzene rings is 2. The Labute approximate surface area is 174 Å². The number of nitrogens with zero attached hydrogens (tertiary/aromatic N) is 3. The topological polar surface area (TPSA) is 71.0 Å². The fourth-order valence-corrected chi connectivity index (χ4v) is 4.61. The first kappa shape index (κ1) is 18.6. The molecule has 0 radical (unpaired) electrons. The number of amides is 1. The number of nitrogens with one attached hydrogen (secondary N) is 1. The molecule has 6 nitrogen and oxygen atoms in total. The molecular weight excluding hydrogens is 376 g/mol. The van der Waals surface area contributed by atoms with Gasteiger partial charge >= 0.3 is 0 Å². The molecule has 0 saturated carbocycles. The predicted octanol–water partition coefficient (Wildman–Crippen LogP) is 3.59. The standard InChI is InChI=1S/C24H24N4O2/c1-16-18-6-2-3-8-20(18)24(30)28(26-16)15-23(29)27-12-10-17(11-13-27)21-14-25-22-9-5-4-7-19(21)22/h2-9,14,17,25H,10-13,15H2,1H3. The average molecular weight is 400 g/mol. The van der Waals surface area contributed by atoms with Gasteiger partial charge < -0.3 is 9.88 Å². The monoisotopic (exact) mass is 400 g/mol. The van der Waals surface area contributed by atoms with E-state index in [4.69, 9.17) is 0 Å². The van der Waals surface area contributed by atoms with Crippen LogP contribution in [0.1, 0.15) is 30.0 Å². The van der Waals surface area contributed by atoms with Gasteiger partial charge in [-0.1, -0.05) is 36.4 Å². The van der Waals surface area contributed by atoms with Gasteiger partial charge in [0.2, 0.25) is 5.91 Å². The summed E-state index contributed by atoms with van der Waals surface area (Å²) in [5.41, 5.74) is 3.04. The van der Waals surface area contributed by atoms with E-state index < -0.39 is 0 Å². The van der Waals surface area contributed by atoms with Crippen molar-refractivity contribution in [1.82, 2.24) is 19.7 Å². The summed E-state index contributed by atoms with van der Waals surface area (Å²) in [4.78, 5) is 30.9. The van der Waals surface area contributed by atoms with Gasteiger partial charge in [0.1, 0.15) is 6.54 Å². The molecule has 0 spiro atoms. The highest BCUT2D eigenvalue weighted by Gasteiger charge is 2.26. The number of likely N-dealkylation sites (tertiary alicyclic amines) is 1. The van der Waals surface area contributed by atoms with Crippen molar-refractivity contribution < 1.29 is 4.79 Å². The van der Waals surface area contributed by atoms with Gasteiger partial charge in [-0.3, -0.25) is 9.59 Å². The zero-order valence-electron chi connectivity index (χ0n) is 17.0. The largest absolute Gasteiger partial charge is 0.361 e. The number of fused-ring (bicyclic) bond motifs is 2. The van der Waals surface area contributed by atoms with Gasteiger partial charge in [0.25, 0.3) is 5.56 Å². The summed E-state index contributed by atoms with van der Waals surface area (Å²) in [6, 6.07) is 15.8. The van der Waals surface area contributed by atoms with Crippen LogP contribution in [0.15, 0.2) is 59.5 Å². The molecule has 6 heteroatoms. The Hall–Kier alpha value is -3.41. The lowest BCUT2D eigenvalue weighted by molar-refractivity contribution is -0.133. The van der Waals surface area contributed by atoms with Crippen LogP contribution in [0.5, 0.6) is 0 Å². The molecule has 1 aliphatic rings. The Kier molecular flexibility index (Phi) is 4.62. The number of aryl methyl sites for hydroxylation is 1. The van der Waals surface area contributed by atoms with Crippen LogP contribution in [0.25, 0.3) is 21.7 Å². The minimum absolute atomic E-state index is 0.0116. The van der Waals surface area contributed by atoms with Crippen molar-refractivity contribution in [3.05, 3.63) is 76.3 Å². The third kappa shape index (κ3) is 3.18. The van der Waals surface area contributed by atoms with E-state index in [0.717, 1.165) is 29.4 Å². The van der Waals surface area contributed by atoms with Crippen LogP contribution in [0.4, 0.5) is 0 Å². The quantitative estimate of drug-likeness (QED) is 0.571. The second-order valence-electron chi connectivity index (χ2n) is 8.04. The maximum absolute atomic E-state index is 12.9. The number of aromatic nitrogens is 3. The minimum Gasteiger partial charge on any atom is -0.361 e. The van der Waals surface area contributed by atoms with E-state index in [-0.39, 0.29) is 18.0 Å². The normalized spacial score (nSPS) is 15.2. The van der Waals surface area contributed by atoms with Crippen molar-refractivity contribution in [1.29, 1.82) is 0 Å². The van der Waals surface area contributed by atoms with Gasteiger partial charge in [-0.2, -0.15) is 5.10 Å².